The highest BCUT2D eigenvalue weighted by Gasteiger charge is 2.12. The molecule has 3 rings (SSSR count). The molecule has 28 heavy (non-hydrogen) atoms. The van der Waals surface area contributed by atoms with E-state index in [4.69, 9.17) is 11.6 Å². The third-order valence-electron chi connectivity index (χ3n) is 3.92. The first-order valence-electron chi connectivity index (χ1n) is 8.83. The Morgan fingerprint density at radius 3 is 2.57 bits per heavy atom. The van der Waals surface area contributed by atoms with E-state index in [0.717, 1.165) is 26.7 Å². The summed E-state index contributed by atoms with van der Waals surface area (Å²) < 4.78 is 2.03. The molecule has 0 aliphatic carbocycles. The van der Waals surface area contributed by atoms with Crippen molar-refractivity contribution in [3.8, 4) is 0 Å². The van der Waals surface area contributed by atoms with E-state index >= 15 is 0 Å². The average Bonchev–Trinajstić information content (AvgIpc) is 3.05. The van der Waals surface area contributed by atoms with Gasteiger partial charge in [0.25, 0.3) is 0 Å². The third kappa shape index (κ3) is 6.29. The zero-order valence-electron chi connectivity index (χ0n) is 15.5. The maximum Gasteiger partial charge on any atom is 0.230 e. The predicted octanol–water partition coefficient (Wildman–Crippen LogP) is 4.29. The number of aryl methyl sites for hydroxylation is 1. The molecule has 1 amide bonds. The van der Waals surface area contributed by atoms with Crippen molar-refractivity contribution in [3.63, 3.8) is 0 Å². The Balaban J connectivity index is 1.42. The zero-order chi connectivity index (χ0) is 19.8. The molecule has 146 valence electrons. The molecular weight excluding hydrogens is 412 g/mol. The smallest absolute Gasteiger partial charge is 0.230 e. The molecule has 0 radical (unpaired) electrons. The second kappa shape index (κ2) is 10.5. The first kappa shape index (κ1) is 20.8. The lowest BCUT2D eigenvalue weighted by atomic mass is 10.2. The van der Waals surface area contributed by atoms with E-state index in [-0.39, 0.29) is 5.91 Å². The van der Waals surface area contributed by atoms with Gasteiger partial charge in [0.1, 0.15) is 5.82 Å². The van der Waals surface area contributed by atoms with E-state index < -0.39 is 0 Å². The number of amides is 1. The molecule has 5 nitrogen and oxygen atoms in total. The third-order valence-corrected chi connectivity index (χ3v) is 6.16. The number of carbonyl (C=O) groups is 1. The van der Waals surface area contributed by atoms with Crippen LogP contribution in [0.25, 0.3) is 0 Å². The SMILES string of the molecule is Cc1nnc(SCC(=O)NCCSc2ccc(Cl)cc2)n1Cc1ccccc1. The molecule has 0 fully saturated rings. The molecule has 0 spiro atoms. The number of rotatable bonds is 9. The lowest BCUT2D eigenvalue weighted by Gasteiger charge is -2.09. The topological polar surface area (TPSA) is 59.8 Å². The van der Waals surface area contributed by atoms with E-state index in [1.54, 1.807) is 11.8 Å². The van der Waals surface area contributed by atoms with Gasteiger partial charge in [-0.15, -0.1) is 22.0 Å². The van der Waals surface area contributed by atoms with Crippen LogP contribution in [0.1, 0.15) is 11.4 Å². The van der Waals surface area contributed by atoms with Gasteiger partial charge in [-0.3, -0.25) is 4.79 Å². The monoisotopic (exact) mass is 432 g/mol. The van der Waals surface area contributed by atoms with Crippen LogP contribution in [0.4, 0.5) is 0 Å². The first-order valence-corrected chi connectivity index (χ1v) is 11.2. The van der Waals surface area contributed by atoms with Crippen molar-refractivity contribution in [1.82, 2.24) is 20.1 Å². The number of hydrogen-bond donors (Lipinski definition) is 1. The molecule has 0 bridgehead atoms. The van der Waals surface area contributed by atoms with E-state index in [1.165, 1.54) is 17.3 Å². The number of aromatic nitrogens is 3. The van der Waals surface area contributed by atoms with Crippen molar-refractivity contribution >= 4 is 41.0 Å². The van der Waals surface area contributed by atoms with E-state index in [2.05, 4.69) is 27.6 Å². The molecule has 0 saturated carbocycles. The van der Waals surface area contributed by atoms with E-state index in [0.29, 0.717) is 18.8 Å². The Labute approximate surface area is 178 Å². The van der Waals surface area contributed by atoms with Crippen LogP contribution in [-0.2, 0) is 11.3 Å². The van der Waals surface area contributed by atoms with Crippen molar-refractivity contribution in [2.45, 2.75) is 23.5 Å². The first-order chi connectivity index (χ1) is 13.6. The molecule has 0 aliphatic heterocycles. The Morgan fingerprint density at radius 1 is 1.07 bits per heavy atom. The standard InChI is InChI=1S/C20H21ClN4OS2/c1-15-23-24-20(25(15)13-16-5-3-2-4-6-16)28-14-19(26)22-11-12-27-18-9-7-17(21)8-10-18/h2-10H,11-14H2,1H3,(H,22,26). The Hall–Kier alpha value is -1.96. The molecule has 0 unspecified atom stereocenters. The van der Waals surface area contributed by atoms with Gasteiger partial charge in [-0.05, 0) is 36.8 Å². The van der Waals surface area contributed by atoms with Crippen molar-refractivity contribution in [2.24, 2.45) is 0 Å². The molecule has 2 aromatic carbocycles. The van der Waals surface area contributed by atoms with Crippen molar-refractivity contribution in [3.05, 3.63) is 71.0 Å². The van der Waals surface area contributed by atoms with Crippen molar-refractivity contribution < 1.29 is 4.79 Å². The molecule has 0 saturated heterocycles. The highest BCUT2D eigenvalue weighted by molar-refractivity contribution is 7.99. The number of benzene rings is 2. The van der Waals surface area contributed by atoms with Gasteiger partial charge in [-0.2, -0.15) is 0 Å². The number of thioether (sulfide) groups is 2. The zero-order valence-corrected chi connectivity index (χ0v) is 17.9. The summed E-state index contributed by atoms with van der Waals surface area (Å²) in [5.41, 5.74) is 1.18. The molecule has 1 N–H and O–H groups in total. The molecule has 0 atom stereocenters. The molecule has 0 aliphatic rings. The summed E-state index contributed by atoms with van der Waals surface area (Å²) in [6.45, 7) is 3.23. The Bertz CT molecular complexity index is 900. The summed E-state index contributed by atoms with van der Waals surface area (Å²) in [6.07, 6.45) is 0. The van der Waals surface area contributed by atoms with Crippen LogP contribution in [0.2, 0.25) is 5.02 Å². The molecule has 1 aromatic heterocycles. The maximum atomic E-state index is 12.1. The van der Waals surface area contributed by atoms with Gasteiger partial charge in [-0.25, -0.2) is 0 Å². The minimum absolute atomic E-state index is 0.00591. The summed E-state index contributed by atoms with van der Waals surface area (Å²) in [6, 6.07) is 17.8. The second-order valence-corrected chi connectivity index (χ2v) is 8.59. The van der Waals surface area contributed by atoms with Crippen LogP contribution >= 0.6 is 35.1 Å². The van der Waals surface area contributed by atoms with Gasteiger partial charge in [0.2, 0.25) is 5.91 Å². The van der Waals surface area contributed by atoms with Gasteiger partial charge < -0.3 is 9.88 Å². The number of nitrogens with one attached hydrogen (secondary N) is 1. The van der Waals surface area contributed by atoms with Gasteiger partial charge in [-0.1, -0.05) is 53.7 Å². The highest BCUT2D eigenvalue weighted by atomic mass is 35.5. The minimum atomic E-state index is -0.00591. The van der Waals surface area contributed by atoms with Crippen LogP contribution in [0.5, 0.6) is 0 Å². The maximum absolute atomic E-state index is 12.1. The summed E-state index contributed by atoms with van der Waals surface area (Å²) in [5, 5.41) is 12.8. The molecule has 1 heterocycles. The molecule has 8 heteroatoms. The van der Waals surface area contributed by atoms with Crippen molar-refractivity contribution in [1.29, 1.82) is 0 Å². The molecule has 3 aromatic rings. The summed E-state index contributed by atoms with van der Waals surface area (Å²) in [7, 11) is 0. The Morgan fingerprint density at radius 2 is 1.82 bits per heavy atom. The predicted molar refractivity (Wildman–Crippen MR) is 116 cm³/mol. The second-order valence-electron chi connectivity index (χ2n) is 6.04. The fourth-order valence-electron chi connectivity index (χ4n) is 2.49. The quantitative estimate of drug-likeness (QED) is 0.403. The van der Waals surface area contributed by atoms with Crippen LogP contribution in [0.15, 0.2) is 64.6 Å². The van der Waals surface area contributed by atoms with Gasteiger partial charge in [0.15, 0.2) is 5.16 Å². The number of halogens is 1. The largest absolute Gasteiger partial charge is 0.355 e. The summed E-state index contributed by atoms with van der Waals surface area (Å²) in [4.78, 5) is 13.3. The number of hydrogen-bond acceptors (Lipinski definition) is 5. The van der Waals surface area contributed by atoms with Gasteiger partial charge in [0.05, 0.1) is 12.3 Å². The normalized spacial score (nSPS) is 10.8. The van der Waals surface area contributed by atoms with Crippen LogP contribution in [0, 0.1) is 6.92 Å². The van der Waals surface area contributed by atoms with Gasteiger partial charge in [0, 0.05) is 22.2 Å². The van der Waals surface area contributed by atoms with E-state index in [9.17, 15) is 4.79 Å². The fraction of sp³-hybridized carbons (Fsp3) is 0.250. The average molecular weight is 433 g/mol. The van der Waals surface area contributed by atoms with Crippen LogP contribution < -0.4 is 5.32 Å². The summed E-state index contributed by atoms with van der Waals surface area (Å²) in [5.74, 6) is 1.96. The number of nitrogens with zero attached hydrogens (tertiary/aromatic N) is 3. The lowest BCUT2D eigenvalue weighted by Crippen LogP contribution is -2.27. The lowest BCUT2D eigenvalue weighted by molar-refractivity contribution is -0.118. The fourth-order valence-corrected chi connectivity index (χ4v) is 4.20. The van der Waals surface area contributed by atoms with Crippen molar-refractivity contribution in [2.75, 3.05) is 18.1 Å². The van der Waals surface area contributed by atoms with Crippen LogP contribution in [0.3, 0.4) is 0 Å². The van der Waals surface area contributed by atoms with Crippen LogP contribution in [-0.4, -0.2) is 38.7 Å². The van der Waals surface area contributed by atoms with E-state index in [1.807, 2.05) is 54.0 Å². The number of carbonyl (C=O) groups excluding carboxylic acids is 1. The Kier molecular flexibility index (Phi) is 7.82. The molecular formula is C20H21ClN4OS2. The highest BCUT2D eigenvalue weighted by Crippen LogP contribution is 2.20. The minimum Gasteiger partial charge on any atom is -0.355 e. The van der Waals surface area contributed by atoms with Gasteiger partial charge >= 0.3 is 0 Å². The summed E-state index contributed by atoms with van der Waals surface area (Å²) >= 11 is 8.97.